The molecule has 5 nitrogen and oxygen atoms in total. The molecule has 154 valence electrons. The smallest absolute Gasteiger partial charge is 0.160 e. The minimum atomic E-state index is -0.254. The molecule has 3 aromatic rings. The third-order valence-corrected chi connectivity index (χ3v) is 5.19. The lowest BCUT2D eigenvalue weighted by Gasteiger charge is -2.10. The zero-order chi connectivity index (χ0) is 20.8. The first-order valence-corrected chi connectivity index (χ1v) is 9.77. The van der Waals surface area contributed by atoms with Crippen LogP contribution in [-0.4, -0.2) is 30.5 Å². The van der Waals surface area contributed by atoms with E-state index in [2.05, 4.69) is 10.4 Å². The molecule has 3 rings (SSSR count). The summed E-state index contributed by atoms with van der Waals surface area (Å²) in [4.78, 5) is 0. The van der Waals surface area contributed by atoms with Crippen molar-refractivity contribution in [1.29, 1.82) is 0 Å². The van der Waals surface area contributed by atoms with Gasteiger partial charge in [0.1, 0.15) is 11.0 Å². The fraction of sp³-hybridized carbons (Fsp3) is 0.318. The number of hydrogen-bond acceptors (Lipinski definition) is 4. The van der Waals surface area contributed by atoms with Crippen LogP contribution in [0.2, 0.25) is 5.15 Å². The van der Waals surface area contributed by atoms with Crippen molar-refractivity contribution >= 4 is 11.6 Å². The zero-order valence-corrected chi connectivity index (χ0v) is 17.6. The molecule has 7 heteroatoms. The van der Waals surface area contributed by atoms with E-state index in [1.54, 1.807) is 31.0 Å². The number of hydrogen-bond donors (Lipinski definition) is 1. The molecule has 0 aliphatic rings. The van der Waals surface area contributed by atoms with Gasteiger partial charge in [-0.05, 0) is 55.3 Å². The second-order valence-corrected chi connectivity index (χ2v) is 7.11. The summed E-state index contributed by atoms with van der Waals surface area (Å²) >= 11 is 6.54. The van der Waals surface area contributed by atoms with Gasteiger partial charge in [0, 0.05) is 12.1 Å². The van der Waals surface area contributed by atoms with E-state index in [0.717, 1.165) is 46.8 Å². The van der Waals surface area contributed by atoms with Crippen LogP contribution in [0.3, 0.4) is 0 Å². The number of benzene rings is 2. The Labute approximate surface area is 175 Å². The molecule has 1 N–H and O–H groups in total. The third-order valence-electron chi connectivity index (χ3n) is 4.77. The predicted octanol–water partition coefficient (Wildman–Crippen LogP) is 4.38. The number of rotatable bonds is 9. The lowest BCUT2D eigenvalue weighted by Crippen LogP contribution is -2.17. The second-order valence-electron chi connectivity index (χ2n) is 6.76. The van der Waals surface area contributed by atoms with Crippen molar-refractivity contribution in [2.75, 3.05) is 20.8 Å². The maximum atomic E-state index is 13.1. The minimum Gasteiger partial charge on any atom is -0.493 e. The van der Waals surface area contributed by atoms with E-state index in [1.807, 2.05) is 25.1 Å². The first-order valence-electron chi connectivity index (χ1n) is 9.39. The number of halogens is 2. The second kappa shape index (κ2) is 9.76. The van der Waals surface area contributed by atoms with E-state index in [9.17, 15) is 4.39 Å². The van der Waals surface area contributed by atoms with Crippen LogP contribution in [0.1, 0.15) is 22.4 Å². The Morgan fingerprint density at radius 2 is 1.72 bits per heavy atom. The molecule has 0 spiro atoms. The SMILES string of the molecule is COc1ccc(CCNCc2c(C)nn(Cc3ccc(F)cc3)c2Cl)cc1OC. The van der Waals surface area contributed by atoms with Gasteiger partial charge in [-0.15, -0.1) is 0 Å². The van der Waals surface area contributed by atoms with Crippen LogP contribution in [-0.2, 0) is 19.5 Å². The van der Waals surface area contributed by atoms with Crippen LogP contribution < -0.4 is 14.8 Å². The molecule has 0 atom stereocenters. The van der Waals surface area contributed by atoms with Crippen molar-refractivity contribution in [2.45, 2.75) is 26.4 Å². The van der Waals surface area contributed by atoms with Crippen molar-refractivity contribution in [3.63, 3.8) is 0 Å². The molecule has 0 aliphatic carbocycles. The van der Waals surface area contributed by atoms with Gasteiger partial charge in [-0.1, -0.05) is 29.8 Å². The van der Waals surface area contributed by atoms with E-state index < -0.39 is 0 Å². The average molecular weight is 418 g/mol. The summed E-state index contributed by atoms with van der Waals surface area (Å²) in [6.07, 6.45) is 0.848. The molecular weight excluding hydrogens is 393 g/mol. The Kier molecular flexibility index (Phi) is 7.12. The van der Waals surface area contributed by atoms with Crippen LogP contribution in [0.5, 0.6) is 11.5 Å². The first kappa shape index (κ1) is 21.1. The van der Waals surface area contributed by atoms with Crippen LogP contribution >= 0.6 is 11.6 Å². The maximum absolute atomic E-state index is 13.1. The summed E-state index contributed by atoms with van der Waals surface area (Å²) in [6, 6.07) is 12.3. The highest BCUT2D eigenvalue weighted by Gasteiger charge is 2.13. The van der Waals surface area contributed by atoms with E-state index in [4.69, 9.17) is 21.1 Å². The monoisotopic (exact) mass is 417 g/mol. The van der Waals surface area contributed by atoms with Crippen molar-refractivity contribution in [3.05, 3.63) is 75.8 Å². The highest BCUT2D eigenvalue weighted by molar-refractivity contribution is 6.30. The molecule has 1 heterocycles. The standard InChI is InChI=1S/C22H25ClFN3O2/c1-15-19(22(23)27(26-15)14-17-4-7-18(24)8-5-17)13-25-11-10-16-6-9-20(28-2)21(12-16)29-3/h4-9,12,25H,10-11,13-14H2,1-3H3. The molecule has 0 saturated heterocycles. The van der Waals surface area contributed by atoms with Crippen molar-refractivity contribution in [3.8, 4) is 11.5 Å². The molecule has 0 amide bonds. The summed E-state index contributed by atoms with van der Waals surface area (Å²) in [6.45, 7) is 3.86. The topological polar surface area (TPSA) is 48.3 Å². The normalized spacial score (nSPS) is 10.9. The Balaban J connectivity index is 1.57. The third kappa shape index (κ3) is 5.28. The average Bonchev–Trinajstić information content (AvgIpc) is 2.99. The number of nitrogens with zero attached hydrogens (tertiary/aromatic N) is 2. The lowest BCUT2D eigenvalue weighted by atomic mass is 10.1. The molecule has 2 aromatic carbocycles. The summed E-state index contributed by atoms with van der Waals surface area (Å²) in [5, 5.41) is 8.55. The Hall–Kier alpha value is -2.57. The molecule has 0 bridgehead atoms. The van der Waals surface area contributed by atoms with E-state index >= 15 is 0 Å². The Morgan fingerprint density at radius 1 is 1.03 bits per heavy atom. The number of nitrogens with one attached hydrogen (secondary N) is 1. The van der Waals surface area contributed by atoms with Gasteiger partial charge in [0.2, 0.25) is 0 Å². The molecule has 1 aromatic heterocycles. The predicted molar refractivity (Wildman–Crippen MR) is 112 cm³/mol. The lowest BCUT2D eigenvalue weighted by molar-refractivity contribution is 0.354. The van der Waals surface area contributed by atoms with Crippen LogP contribution in [0.4, 0.5) is 4.39 Å². The number of aromatic nitrogens is 2. The van der Waals surface area contributed by atoms with Gasteiger partial charge in [0.25, 0.3) is 0 Å². The van der Waals surface area contributed by atoms with Crippen molar-refractivity contribution in [1.82, 2.24) is 15.1 Å². The van der Waals surface area contributed by atoms with Gasteiger partial charge in [-0.2, -0.15) is 5.10 Å². The molecular formula is C22H25ClFN3O2. The molecule has 0 unspecified atom stereocenters. The van der Waals surface area contributed by atoms with Gasteiger partial charge in [0.05, 0.1) is 26.5 Å². The summed E-state index contributed by atoms with van der Waals surface area (Å²) in [5.41, 5.74) is 3.96. The van der Waals surface area contributed by atoms with E-state index in [0.29, 0.717) is 18.2 Å². The van der Waals surface area contributed by atoms with Crippen LogP contribution in [0, 0.1) is 12.7 Å². The quantitative estimate of drug-likeness (QED) is 0.525. The summed E-state index contributed by atoms with van der Waals surface area (Å²) in [7, 11) is 3.26. The van der Waals surface area contributed by atoms with Crippen LogP contribution in [0.15, 0.2) is 42.5 Å². The number of aryl methyl sites for hydroxylation is 1. The van der Waals surface area contributed by atoms with E-state index in [-0.39, 0.29) is 5.82 Å². The molecule has 29 heavy (non-hydrogen) atoms. The van der Waals surface area contributed by atoms with Gasteiger partial charge < -0.3 is 14.8 Å². The Morgan fingerprint density at radius 3 is 2.41 bits per heavy atom. The summed E-state index contributed by atoms with van der Waals surface area (Å²) in [5.74, 6) is 1.20. The van der Waals surface area contributed by atoms with Gasteiger partial charge in [-0.3, -0.25) is 0 Å². The number of methoxy groups -OCH3 is 2. The largest absolute Gasteiger partial charge is 0.493 e. The molecule has 0 aliphatic heterocycles. The van der Waals surface area contributed by atoms with Gasteiger partial charge in [0.15, 0.2) is 11.5 Å². The molecule has 0 fully saturated rings. The van der Waals surface area contributed by atoms with Gasteiger partial charge in [-0.25, -0.2) is 9.07 Å². The highest BCUT2D eigenvalue weighted by Crippen LogP contribution is 2.27. The van der Waals surface area contributed by atoms with Crippen LogP contribution in [0.25, 0.3) is 0 Å². The van der Waals surface area contributed by atoms with Crippen molar-refractivity contribution in [2.24, 2.45) is 0 Å². The minimum absolute atomic E-state index is 0.254. The van der Waals surface area contributed by atoms with E-state index in [1.165, 1.54) is 12.1 Å². The Bertz CT molecular complexity index is 957. The highest BCUT2D eigenvalue weighted by atomic mass is 35.5. The maximum Gasteiger partial charge on any atom is 0.160 e. The number of ether oxygens (including phenoxy) is 2. The van der Waals surface area contributed by atoms with Crippen molar-refractivity contribution < 1.29 is 13.9 Å². The zero-order valence-electron chi connectivity index (χ0n) is 16.8. The van der Waals surface area contributed by atoms with Gasteiger partial charge >= 0.3 is 0 Å². The molecule has 0 saturated carbocycles. The summed E-state index contributed by atoms with van der Waals surface area (Å²) < 4.78 is 25.4. The fourth-order valence-electron chi connectivity index (χ4n) is 3.14. The molecule has 0 radical (unpaired) electrons. The fourth-order valence-corrected chi connectivity index (χ4v) is 3.44. The first-order chi connectivity index (χ1) is 14.0.